The molecule has 0 aliphatic rings. The van der Waals surface area contributed by atoms with Gasteiger partial charge < -0.3 is 34.6 Å². The summed E-state index contributed by atoms with van der Waals surface area (Å²) in [4.78, 5) is 23.4. The number of carbonyl (C=O) groups is 2. The van der Waals surface area contributed by atoms with E-state index in [2.05, 4.69) is 11.3 Å². The fourth-order valence-electron chi connectivity index (χ4n) is 1.71. The van der Waals surface area contributed by atoms with Crippen molar-refractivity contribution in [3.8, 4) is 0 Å². The lowest BCUT2D eigenvalue weighted by Crippen LogP contribution is -2.48. The molecule has 4 N–H and O–H groups in total. The lowest BCUT2D eigenvalue weighted by Gasteiger charge is -2.33. The third-order valence-corrected chi connectivity index (χ3v) is 2.84. The Balaban J connectivity index is 5.83. The normalized spacial score (nSPS) is 16.7. The summed E-state index contributed by atoms with van der Waals surface area (Å²) in [6.45, 7) is 3.05. The van der Waals surface area contributed by atoms with Crippen molar-refractivity contribution < 1.29 is 44.2 Å². The molecule has 0 heterocycles. The molecule has 0 radical (unpaired) electrons. The number of ether oxygens (including phenoxy) is 3. The first-order valence-electron chi connectivity index (χ1n) is 7.10. The molecule has 0 amide bonds. The van der Waals surface area contributed by atoms with Crippen LogP contribution >= 0.6 is 0 Å². The highest BCUT2D eigenvalue weighted by atomic mass is 16.7. The smallest absolute Gasteiger partial charge is 0.379 e. The van der Waals surface area contributed by atoms with E-state index < -0.39 is 48.7 Å². The van der Waals surface area contributed by atoms with Gasteiger partial charge in [-0.05, 0) is 6.92 Å². The van der Waals surface area contributed by atoms with Gasteiger partial charge in [-0.3, -0.25) is 4.79 Å². The number of rotatable bonds is 12. The van der Waals surface area contributed by atoms with Crippen LogP contribution < -0.4 is 0 Å². The van der Waals surface area contributed by atoms with Gasteiger partial charge >= 0.3 is 11.8 Å². The van der Waals surface area contributed by atoms with Crippen LogP contribution in [0.2, 0.25) is 0 Å². The van der Waals surface area contributed by atoms with Crippen LogP contribution in [0.3, 0.4) is 0 Å². The summed E-state index contributed by atoms with van der Waals surface area (Å²) in [5.41, 5.74) is 0. The van der Waals surface area contributed by atoms with E-state index in [4.69, 9.17) is 14.6 Å². The Labute approximate surface area is 139 Å². The van der Waals surface area contributed by atoms with Crippen molar-refractivity contribution in [2.75, 3.05) is 26.9 Å². The van der Waals surface area contributed by atoms with Crippen molar-refractivity contribution in [2.24, 2.45) is 0 Å². The van der Waals surface area contributed by atoms with Gasteiger partial charge in [-0.25, -0.2) is 4.79 Å². The maximum atomic E-state index is 12.1. The highest BCUT2D eigenvalue weighted by molar-refractivity contribution is 5.88. The van der Waals surface area contributed by atoms with E-state index in [0.29, 0.717) is 0 Å². The van der Waals surface area contributed by atoms with Crippen molar-refractivity contribution in [1.29, 1.82) is 0 Å². The second-order valence-corrected chi connectivity index (χ2v) is 4.77. The van der Waals surface area contributed by atoms with E-state index >= 15 is 0 Å². The van der Waals surface area contributed by atoms with E-state index in [-0.39, 0.29) is 13.0 Å². The summed E-state index contributed by atoms with van der Waals surface area (Å²) in [5, 5.41) is 37.7. The van der Waals surface area contributed by atoms with E-state index in [1.54, 1.807) is 0 Å². The quantitative estimate of drug-likeness (QED) is 0.111. The summed E-state index contributed by atoms with van der Waals surface area (Å²) in [7, 11) is 1.06. The molecule has 0 aromatic carbocycles. The third kappa shape index (κ3) is 6.38. The summed E-state index contributed by atoms with van der Waals surface area (Å²) in [6, 6.07) is 0. The molecule has 0 saturated heterocycles. The van der Waals surface area contributed by atoms with Crippen LogP contribution in [0.25, 0.3) is 0 Å². The van der Waals surface area contributed by atoms with Crippen LogP contribution in [0.1, 0.15) is 13.3 Å². The number of ketones is 1. The highest BCUT2D eigenvalue weighted by Crippen LogP contribution is 2.26. The lowest BCUT2D eigenvalue weighted by atomic mass is 10.1. The predicted molar refractivity (Wildman–Crippen MR) is 81.5 cm³/mol. The Morgan fingerprint density at radius 1 is 1.29 bits per heavy atom. The molecule has 0 spiro atoms. The van der Waals surface area contributed by atoms with Crippen molar-refractivity contribution in [2.45, 2.75) is 31.3 Å². The van der Waals surface area contributed by atoms with Crippen LogP contribution in [-0.4, -0.2) is 77.1 Å². The minimum atomic E-state index is -2.17. The maximum Gasteiger partial charge on any atom is 0.379 e. The summed E-state index contributed by atoms with van der Waals surface area (Å²) >= 11 is 0. The average Bonchev–Trinajstić information content (AvgIpc) is 2.56. The van der Waals surface area contributed by atoms with Crippen LogP contribution in [0.15, 0.2) is 24.5 Å². The molecular weight excluding hydrogens is 324 g/mol. The lowest BCUT2D eigenvalue weighted by molar-refractivity contribution is -0.240. The van der Waals surface area contributed by atoms with Crippen LogP contribution in [-0.2, 0) is 23.8 Å². The summed E-state index contributed by atoms with van der Waals surface area (Å²) in [5.74, 6) is -4.28. The Bertz CT molecular complexity index is 460. The molecule has 0 aromatic heterocycles. The second-order valence-electron chi connectivity index (χ2n) is 4.77. The van der Waals surface area contributed by atoms with E-state index in [0.717, 1.165) is 20.1 Å². The number of methoxy groups -OCH3 is 1. The number of aliphatic hydroxyl groups excluding tert-OH is 4. The van der Waals surface area contributed by atoms with Crippen LogP contribution in [0.5, 0.6) is 0 Å². The zero-order valence-corrected chi connectivity index (χ0v) is 13.7. The van der Waals surface area contributed by atoms with Gasteiger partial charge in [0.2, 0.25) is 0 Å². The van der Waals surface area contributed by atoms with Crippen molar-refractivity contribution >= 4 is 11.8 Å². The van der Waals surface area contributed by atoms with Crippen LogP contribution in [0.4, 0.5) is 0 Å². The zero-order valence-electron chi connectivity index (χ0n) is 13.7. The number of allylic oxidation sites excluding steroid dienone is 1. The number of carbonyl (C=O) groups excluding carboxylic acids is 2. The Hall–Kier alpha value is -1.78. The molecule has 0 rings (SSSR count). The predicted octanol–water partition coefficient (Wildman–Crippen LogP) is -1.36. The molecule has 9 heteroatoms. The largest absolute Gasteiger partial charge is 0.464 e. The van der Waals surface area contributed by atoms with Gasteiger partial charge in [-0.15, -0.1) is 6.58 Å². The first-order chi connectivity index (χ1) is 11.3. The zero-order chi connectivity index (χ0) is 18.8. The topological polar surface area (TPSA) is 143 Å². The van der Waals surface area contributed by atoms with Gasteiger partial charge in [-0.2, -0.15) is 0 Å². The second kappa shape index (κ2) is 10.9. The molecule has 0 aromatic rings. The average molecular weight is 348 g/mol. The highest BCUT2D eigenvalue weighted by Gasteiger charge is 2.45. The molecule has 138 valence electrons. The molecule has 24 heavy (non-hydrogen) atoms. The summed E-state index contributed by atoms with van der Waals surface area (Å²) < 4.78 is 15.2. The number of aliphatic hydroxyl groups is 4. The minimum Gasteiger partial charge on any atom is -0.464 e. The molecule has 0 aliphatic heterocycles. The number of hydrogen-bond acceptors (Lipinski definition) is 9. The van der Waals surface area contributed by atoms with E-state index in [9.17, 15) is 24.9 Å². The van der Waals surface area contributed by atoms with Crippen molar-refractivity contribution in [3.05, 3.63) is 24.5 Å². The Morgan fingerprint density at radius 3 is 2.33 bits per heavy atom. The van der Waals surface area contributed by atoms with Crippen molar-refractivity contribution in [1.82, 2.24) is 0 Å². The SMILES string of the molecule is C=CCO[C@](CCO)(O/C(=C/C(C)=O)[C@H](O)[C@H](O)CO)C(=O)OC. The van der Waals surface area contributed by atoms with Gasteiger partial charge in [0.05, 0.1) is 20.3 Å². The van der Waals surface area contributed by atoms with Crippen LogP contribution in [0, 0.1) is 0 Å². The molecule has 3 atom stereocenters. The van der Waals surface area contributed by atoms with E-state index in [1.165, 1.54) is 6.08 Å². The molecule has 0 fully saturated rings. The molecule has 0 bridgehead atoms. The fourth-order valence-corrected chi connectivity index (χ4v) is 1.71. The maximum absolute atomic E-state index is 12.1. The Morgan fingerprint density at radius 2 is 1.92 bits per heavy atom. The minimum absolute atomic E-state index is 0.166. The van der Waals surface area contributed by atoms with Crippen molar-refractivity contribution in [3.63, 3.8) is 0 Å². The first kappa shape index (κ1) is 22.2. The fraction of sp³-hybridized carbons (Fsp3) is 0.600. The van der Waals surface area contributed by atoms with Gasteiger partial charge in [0.25, 0.3) is 0 Å². The molecule has 0 saturated carbocycles. The molecule has 0 aliphatic carbocycles. The number of hydrogen-bond donors (Lipinski definition) is 4. The third-order valence-electron chi connectivity index (χ3n) is 2.84. The number of esters is 1. The van der Waals surface area contributed by atoms with Gasteiger partial charge in [0, 0.05) is 19.1 Å². The van der Waals surface area contributed by atoms with Gasteiger partial charge in [0.1, 0.15) is 18.0 Å². The van der Waals surface area contributed by atoms with Gasteiger partial charge in [-0.1, -0.05) is 6.08 Å². The standard InChI is InChI=1S/C15H24O9/c1-4-7-23-15(5-6-16,14(21)22-3)24-12(8-10(2)18)13(20)11(19)9-17/h4,8,11,13,16-17,19-20H,1,5-7,9H2,2-3H3/b12-8+/t11-,13-,15-/m1/s1. The molecule has 0 unspecified atom stereocenters. The summed E-state index contributed by atoms with van der Waals surface area (Å²) in [6.07, 6.45) is -1.72. The monoisotopic (exact) mass is 348 g/mol. The van der Waals surface area contributed by atoms with Gasteiger partial charge in [0.15, 0.2) is 5.78 Å². The first-order valence-corrected chi connectivity index (χ1v) is 7.10. The van der Waals surface area contributed by atoms with E-state index in [1.807, 2.05) is 0 Å². The molecular formula is C15H24O9. The molecule has 9 nitrogen and oxygen atoms in total. The Kier molecular flexibility index (Phi) is 10.1.